The molecule has 1 aliphatic carbocycles. The summed E-state index contributed by atoms with van der Waals surface area (Å²) >= 11 is 0. The average molecular weight is 261 g/mol. The molecule has 0 saturated heterocycles. The molecule has 3 nitrogen and oxygen atoms in total. The van der Waals surface area contributed by atoms with Crippen molar-refractivity contribution in [3.05, 3.63) is 35.4 Å². The lowest BCUT2D eigenvalue weighted by atomic mass is 9.85. The first-order valence-electron chi connectivity index (χ1n) is 7.12. The molecule has 1 N–H and O–H groups in total. The van der Waals surface area contributed by atoms with Gasteiger partial charge in [-0.05, 0) is 50.3 Å². The van der Waals surface area contributed by atoms with Gasteiger partial charge in [0.05, 0.1) is 5.56 Å². The van der Waals surface area contributed by atoms with E-state index in [2.05, 4.69) is 18.7 Å². The fraction of sp³-hybridized carbons (Fsp3) is 0.562. The highest BCUT2D eigenvalue weighted by Gasteiger charge is 2.22. The summed E-state index contributed by atoms with van der Waals surface area (Å²) in [4.78, 5) is 13.3. The highest BCUT2D eigenvalue weighted by atomic mass is 16.4. The Labute approximate surface area is 115 Å². The third-order valence-electron chi connectivity index (χ3n) is 4.03. The van der Waals surface area contributed by atoms with E-state index in [1.165, 1.54) is 31.4 Å². The molecule has 3 heteroatoms. The van der Waals surface area contributed by atoms with Gasteiger partial charge in [0.1, 0.15) is 0 Å². The number of rotatable bonds is 6. The van der Waals surface area contributed by atoms with Gasteiger partial charge in [0.2, 0.25) is 0 Å². The summed E-state index contributed by atoms with van der Waals surface area (Å²) in [6.07, 6.45) is 4.10. The Morgan fingerprint density at radius 2 is 1.95 bits per heavy atom. The zero-order valence-corrected chi connectivity index (χ0v) is 11.8. The summed E-state index contributed by atoms with van der Waals surface area (Å²) in [5.74, 6) is 0.00225. The predicted octanol–water partition coefficient (Wildman–Crippen LogP) is 3.40. The second-order valence-corrected chi connectivity index (χ2v) is 5.82. The Hall–Kier alpha value is -1.35. The van der Waals surface area contributed by atoms with Crippen LogP contribution in [0.25, 0.3) is 0 Å². The third-order valence-corrected chi connectivity index (χ3v) is 4.03. The van der Waals surface area contributed by atoms with E-state index >= 15 is 0 Å². The predicted molar refractivity (Wildman–Crippen MR) is 76.3 cm³/mol. The SMILES string of the molecule is CC(C)N(Cc1ccc(C(=O)O)cc1)CC1CCC1. The number of carboxylic acids is 1. The van der Waals surface area contributed by atoms with Gasteiger partial charge in [-0.15, -0.1) is 0 Å². The summed E-state index contributed by atoms with van der Waals surface area (Å²) < 4.78 is 0. The number of benzene rings is 1. The van der Waals surface area contributed by atoms with Crippen LogP contribution in [0.5, 0.6) is 0 Å². The van der Waals surface area contributed by atoms with E-state index < -0.39 is 5.97 Å². The Bertz CT molecular complexity index is 421. The van der Waals surface area contributed by atoms with Gasteiger partial charge in [0.15, 0.2) is 0 Å². The van der Waals surface area contributed by atoms with Crippen molar-refractivity contribution in [2.45, 2.75) is 45.7 Å². The summed E-state index contributed by atoms with van der Waals surface area (Å²) in [6.45, 7) is 6.53. The molecular weight excluding hydrogens is 238 g/mol. The summed E-state index contributed by atoms with van der Waals surface area (Å²) in [6, 6.07) is 7.78. The van der Waals surface area contributed by atoms with Crippen molar-refractivity contribution in [3.63, 3.8) is 0 Å². The van der Waals surface area contributed by atoms with Gasteiger partial charge >= 0.3 is 5.97 Å². The molecule has 1 fully saturated rings. The van der Waals surface area contributed by atoms with Crippen LogP contribution in [0, 0.1) is 5.92 Å². The topological polar surface area (TPSA) is 40.5 Å². The molecule has 1 aromatic carbocycles. The maximum atomic E-state index is 10.8. The molecule has 1 aliphatic rings. The molecule has 1 aromatic rings. The number of hydrogen-bond donors (Lipinski definition) is 1. The van der Waals surface area contributed by atoms with Crippen LogP contribution in [-0.4, -0.2) is 28.6 Å². The summed E-state index contributed by atoms with van der Waals surface area (Å²) in [5, 5.41) is 8.89. The van der Waals surface area contributed by atoms with Crippen LogP contribution in [0.4, 0.5) is 0 Å². The highest BCUT2D eigenvalue weighted by molar-refractivity contribution is 5.87. The molecule has 0 aromatic heterocycles. The third kappa shape index (κ3) is 3.80. The van der Waals surface area contributed by atoms with Crippen LogP contribution >= 0.6 is 0 Å². The number of hydrogen-bond acceptors (Lipinski definition) is 2. The van der Waals surface area contributed by atoms with Crippen LogP contribution in [0.15, 0.2) is 24.3 Å². The van der Waals surface area contributed by atoms with Crippen molar-refractivity contribution in [3.8, 4) is 0 Å². The van der Waals surface area contributed by atoms with E-state index in [9.17, 15) is 4.79 Å². The van der Waals surface area contributed by atoms with Gasteiger partial charge < -0.3 is 5.11 Å². The molecule has 0 radical (unpaired) electrons. The minimum atomic E-state index is -0.860. The molecular formula is C16H23NO2. The largest absolute Gasteiger partial charge is 0.478 e. The van der Waals surface area contributed by atoms with E-state index in [1.54, 1.807) is 12.1 Å². The lowest BCUT2D eigenvalue weighted by Crippen LogP contribution is -2.36. The molecule has 0 unspecified atom stereocenters. The average Bonchev–Trinajstić information content (AvgIpc) is 2.32. The Morgan fingerprint density at radius 1 is 1.32 bits per heavy atom. The second-order valence-electron chi connectivity index (χ2n) is 5.82. The van der Waals surface area contributed by atoms with Crippen LogP contribution < -0.4 is 0 Å². The number of carbonyl (C=O) groups is 1. The first-order chi connectivity index (χ1) is 9.06. The molecule has 0 bridgehead atoms. The second kappa shape index (κ2) is 6.20. The van der Waals surface area contributed by atoms with Gasteiger partial charge in [-0.2, -0.15) is 0 Å². The lowest BCUT2D eigenvalue weighted by Gasteiger charge is -2.34. The molecule has 0 atom stereocenters. The Kier molecular flexibility index (Phi) is 4.59. The van der Waals surface area contributed by atoms with Crippen molar-refractivity contribution < 1.29 is 9.90 Å². The maximum absolute atomic E-state index is 10.8. The quantitative estimate of drug-likeness (QED) is 0.853. The maximum Gasteiger partial charge on any atom is 0.335 e. The van der Waals surface area contributed by atoms with E-state index in [-0.39, 0.29) is 0 Å². The fourth-order valence-electron chi connectivity index (χ4n) is 2.45. The van der Waals surface area contributed by atoms with Gasteiger partial charge in [-0.1, -0.05) is 18.6 Å². The molecule has 19 heavy (non-hydrogen) atoms. The normalized spacial score (nSPS) is 15.8. The van der Waals surface area contributed by atoms with Crippen molar-refractivity contribution in [2.24, 2.45) is 5.92 Å². The molecule has 0 aliphatic heterocycles. The van der Waals surface area contributed by atoms with Gasteiger partial charge in [-0.25, -0.2) is 4.79 Å². The number of aromatic carboxylic acids is 1. The minimum Gasteiger partial charge on any atom is -0.478 e. The minimum absolute atomic E-state index is 0.360. The molecule has 0 amide bonds. The molecule has 0 spiro atoms. The van der Waals surface area contributed by atoms with Gasteiger partial charge in [0, 0.05) is 19.1 Å². The van der Waals surface area contributed by atoms with Crippen molar-refractivity contribution in [1.29, 1.82) is 0 Å². The first kappa shape index (κ1) is 14.1. The molecule has 0 heterocycles. The molecule has 104 valence electrons. The zero-order valence-electron chi connectivity index (χ0n) is 11.8. The van der Waals surface area contributed by atoms with Crippen LogP contribution in [0.3, 0.4) is 0 Å². The van der Waals surface area contributed by atoms with Crippen LogP contribution in [0.1, 0.15) is 49.0 Å². The van der Waals surface area contributed by atoms with Gasteiger partial charge in [0.25, 0.3) is 0 Å². The summed E-state index contributed by atoms with van der Waals surface area (Å²) in [7, 11) is 0. The fourth-order valence-corrected chi connectivity index (χ4v) is 2.45. The van der Waals surface area contributed by atoms with E-state index in [0.29, 0.717) is 11.6 Å². The van der Waals surface area contributed by atoms with Crippen LogP contribution in [0.2, 0.25) is 0 Å². The molecule has 2 rings (SSSR count). The number of nitrogens with zero attached hydrogens (tertiary/aromatic N) is 1. The monoisotopic (exact) mass is 261 g/mol. The molecule has 1 saturated carbocycles. The van der Waals surface area contributed by atoms with E-state index in [0.717, 1.165) is 12.5 Å². The summed E-state index contributed by atoms with van der Waals surface area (Å²) in [5.41, 5.74) is 1.55. The highest BCUT2D eigenvalue weighted by Crippen LogP contribution is 2.28. The van der Waals surface area contributed by atoms with Crippen molar-refractivity contribution in [2.75, 3.05) is 6.54 Å². The Balaban J connectivity index is 1.97. The van der Waals surface area contributed by atoms with Crippen molar-refractivity contribution in [1.82, 2.24) is 4.90 Å². The van der Waals surface area contributed by atoms with E-state index in [4.69, 9.17) is 5.11 Å². The Morgan fingerprint density at radius 3 is 2.37 bits per heavy atom. The number of carboxylic acid groups (broad SMARTS) is 1. The van der Waals surface area contributed by atoms with E-state index in [1.807, 2.05) is 12.1 Å². The van der Waals surface area contributed by atoms with Gasteiger partial charge in [-0.3, -0.25) is 4.90 Å². The zero-order chi connectivity index (χ0) is 13.8. The van der Waals surface area contributed by atoms with Crippen LogP contribution in [-0.2, 0) is 6.54 Å². The standard InChI is InChI=1S/C16H23NO2/c1-12(2)17(10-13-4-3-5-13)11-14-6-8-15(9-7-14)16(18)19/h6-9,12-13H,3-5,10-11H2,1-2H3,(H,18,19). The first-order valence-corrected chi connectivity index (χ1v) is 7.12. The lowest BCUT2D eigenvalue weighted by molar-refractivity contribution is 0.0697. The van der Waals surface area contributed by atoms with Crippen molar-refractivity contribution >= 4 is 5.97 Å². The smallest absolute Gasteiger partial charge is 0.335 e.